The number of para-hydroxylation sites is 1. The maximum absolute atomic E-state index is 5.91. The number of fused-ring (bicyclic) bond motifs is 1. The molecule has 0 bridgehead atoms. The van der Waals surface area contributed by atoms with Crippen molar-refractivity contribution in [1.29, 1.82) is 0 Å². The lowest BCUT2D eigenvalue weighted by Crippen LogP contribution is -2.50. The van der Waals surface area contributed by atoms with E-state index in [-0.39, 0.29) is 0 Å². The Morgan fingerprint density at radius 2 is 1.89 bits per heavy atom. The Morgan fingerprint density at radius 1 is 1.11 bits per heavy atom. The Kier molecular flexibility index (Phi) is 4.04. The molecule has 104 valence electrons. The Bertz CT molecular complexity index is 415. The van der Waals surface area contributed by atoms with E-state index in [9.17, 15) is 0 Å². The van der Waals surface area contributed by atoms with Crippen molar-refractivity contribution in [3.63, 3.8) is 0 Å². The fraction of sp³-hybridized carbons (Fsp3) is 0.625. The summed E-state index contributed by atoms with van der Waals surface area (Å²) in [5.41, 5.74) is 4.42. The fourth-order valence-corrected chi connectivity index (χ4v) is 3.73. The maximum Gasteiger partial charge on any atom is 0.122 e. The molecule has 0 radical (unpaired) electrons. The van der Waals surface area contributed by atoms with Crippen molar-refractivity contribution < 1.29 is 4.74 Å². The summed E-state index contributed by atoms with van der Waals surface area (Å²) in [6.45, 7) is 0.794. The molecule has 3 N–H and O–H groups in total. The average Bonchev–Trinajstić information content (AvgIpc) is 2.49. The number of benzene rings is 1. The van der Waals surface area contributed by atoms with Crippen molar-refractivity contribution in [3.05, 3.63) is 29.8 Å². The van der Waals surface area contributed by atoms with E-state index < -0.39 is 0 Å². The number of hydrogen-bond donors (Lipinski definition) is 2. The Morgan fingerprint density at radius 3 is 2.68 bits per heavy atom. The van der Waals surface area contributed by atoms with Gasteiger partial charge in [-0.3, -0.25) is 11.3 Å². The first kappa shape index (κ1) is 12.9. The largest absolute Gasteiger partial charge is 0.493 e. The van der Waals surface area contributed by atoms with Gasteiger partial charge in [0.05, 0.1) is 6.61 Å². The molecule has 0 saturated heterocycles. The molecule has 2 atom stereocenters. The minimum atomic E-state index is 0.397. The molecule has 1 heterocycles. The molecular formula is C16H24N2O. The molecule has 3 rings (SSSR count). The molecule has 3 nitrogen and oxygen atoms in total. The quantitative estimate of drug-likeness (QED) is 0.649. The third-order valence-electron chi connectivity index (χ3n) is 4.77. The molecule has 0 amide bonds. The molecule has 0 spiro atoms. The summed E-state index contributed by atoms with van der Waals surface area (Å²) >= 11 is 0. The van der Waals surface area contributed by atoms with Gasteiger partial charge in [-0.25, -0.2) is 0 Å². The minimum Gasteiger partial charge on any atom is -0.493 e. The van der Waals surface area contributed by atoms with E-state index in [2.05, 4.69) is 23.6 Å². The van der Waals surface area contributed by atoms with Crippen LogP contribution in [0.1, 0.15) is 37.7 Å². The SMILES string of the molecule is NNC(C1CCCCC1)C1COc2ccccc2C1. The third-order valence-corrected chi connectivity index (χ3v) is 4.77. The predicted molar refractivity (Wildman–Crippen MR) is 76.8 cm³/mol. The smallest absolute Gasteiger partial charge is 0.122 e. The molecule has 1 aromatic carbocycles. The second-order valence-electron chi connectivity index (χ2n) is 5.97. The van der Waals surface area contributed by atoms with Crippen LogP contribution in [-0.2, 0) is 6.42 Å². The minimum absolute atomic E-state index is 0.397. The van der Waals surface area contributed by atoms with E-state index in [1.54, 1.807) is 0 Å². The number of hydrogen-bond acceptors (Lipinski definition) is 3. The van der Waals surface area contributed by atoms with E-state index in [0.717, 1.165) is 24.7 Å². The first-order valence-corrected chi connectivity index (χ1v) is 7.55. The van der Waals surface area contributed by atoms with Gasteiger partial charge in [-0.2, -0.15) is 0 Å². The first-order chi connectivity index (χ1) is 9.38. The van der Waals surface area contributed by atoms with Gasteiger partial charge in [0.15, 0.2) is 0 Å². The summed E-state index contributed by atoms with van der Waals surface area (Å²) in [6, 6.07) is 8.77. The second kappa shape index (κ2) is 5.93. The predicted octanol–water partition coefficient (Wildman–Crippen LogP) is 2.65. The molecule has 2 aliphatic rings. The summed E-state index contributed by atoms with van der Waals surface area (Å²) in [4.78, 5) is 0. The van der Waals surface area contributed by atoms with Crippen LogP contribution in [0.3, 0.4) is 0 Å². The molecule has 0 aromatic heterocycles. The standard InChI is InChI=1S/C16H24N2O/c17-18-16(12-6-2-1-3-7-12)14-10-13-8-4-5-9-15(13)19-11-14/h4-5,8-9,12,14,16,18H,1-3,6-7,10-11,17H2. The second-order valence-corrected chi connectivity index (χ2v) is 5.97. The van der Waals surface area contributed by atoms with Crippen LogP contribution in [0.15, 0.2) is 24.3 Å². The van der Waals surface area contributed by atoms with Gasteiger partial charge in [-0.15, -0.1) is 0 Å². The first-order valence-electron chi connectivity index (χ1n) is 7.55. The number of nitrogens with one attached hydrogen (secondary N) is 1. The van der Waals surface area contributed by atoms with Crippen molar-refractivity contribution in [2.24, 2.45) is 17.7 Å². The maximum atomic E-state index is 5.91. The Balaban J connectivity index is 1.71. The van der Waals surface area contributed by atoms with Gasteiger partial charge >= 0.3 is 0 Å². The molecule has 1 saturated carbocycles. The molecule has 1 aromatic rings. The molecule has 3 heteroatoms. The van der Waals surface area contributed by atoms with Crippen LogP contribution in [0.2, 0.25) is 0 Å². The van der Waals surface area contributed by atoms with E-state index >= 15 is 0 Å². The lowest BCUT2D eigenvalue weighted by Gasteiger charge is -2.37. The van der Waals surface area contributed by atoms with Gasteiger partial charge in [0.2, 0.25) is 0 Å². The molecular weight excluding hydrogens is 236 g/mol. The van der Waals surface area contributed by atoms with Crippen LogP contribution in [-0.4, -0.2) is 12.6 Å². The zero-order valence-electron chi connectivity index (χ0n) is 11.5. The van der Waals surface area contributed by atoms with Gasteiger partial charge in [-0.05, 0) is 36.8 Å². The zero-order valence-corrected chi connectivity index (χ0v) is 11.5. The lowest BCUT2D eigenvalue weighted by atomic mass is 9.77. The highest BCUT2D eigenvalue weighted by Gasteiger charge is 2.32. The van der Waals surface area contributed by atoms with Crippen molar-refractivity contribution in [2.75, 3.05) is 6.61 Å². The molecule has 19 heavy (non-hydrogen) atoms. The zero-order chi connectivity index (χ0) is 13.1. The summed E-state index contributed by atoms with van der Waals surface area (Å²) in [5, 5.41) is 0. The summed E-state index contributed by atoms with van der Waals surface area (Å²) < 4.78 is 5.91. The Labute approximate surface area is 115 Å². The van der Waals surface area contributed by atoms with Crippen LogP contribution in [0.25, 0.3) is 0 Å². The summed E-state index contributed by atoms with van der Waals surface area (Å²) in [5.74, 6) is 8.13. The fourth-order valence-electron chi connectivity index (χ4n) is 3.73. The van der Waals surface area contributed by atoms with Crippen LogP contribution < -0.4 is 16.0 Å². The van der Waals surface area contributed by atoms with Gasteiger partial charge in [0, 0.05) is 12.0 Å². The highest BCUT2D eigenvalue weighted by Crippen LogP contribution is 2.34. The molecule has 2 unspecified atom stereocenters. The Hall–Kier alpha value is -1.06. The molecule has 1 fully saturated rings. The lowest BCUT2D eigenvalue weighted by molar-refractivity contribution is 0.135. The van der Waals surface area contributed by atoms with Crippen LogP contribution >= 0.6 is 0 Å². The normalized spacial score (nSPS) is 25.4. The number of hydrazine groups is 1. The van der Waals surface area contributed by atoms with Gasteiger partial charge in [-0.1, -0.05) is 37.5 Å². The number of rotatable bonds is 3. The van der Waals surface area contributed by atoms with Crippen molar-refractivity contribution in [1.82, 2.24) is 5.43 Å². The third kappa shape index (κ3) is 2.77. The van der Waals surface area contributed by atoms with Gasteiger partial charge in [0.25, 0.3) is 0 Å². The molecule has 1 aliphatic carbocycles. The highest BCUT2D eigenvalue weighted by molar-refractivity contribution is 5.35. The number of ether oxygens (including phenoxy) is 1. The van der Waals surface area contributed by atoms with Crippen molar-refractivity contribution in [3.8, 4) is 5.75 Å². The van der Waals surface area contributed by atoms with E-state index in [4.69, 9.17) is 10.6 Å². The summed E-state index contributed by atoms with van der Waals surface area (Å²) in [7, 11) is 0. The van der Waals surface area contributed by atoms with Gasteiger partial charge < -0.3 is 4.74 Å². The van der Waals surface area contributed by atoms with E-state index in [0.29, 0.717) is 12.0 Å². The van der Waals surface area contributed by atoms with E-state index in [1.165, 1.54) is 37.7 Å². The van der Waals surface area contributed by atoms with Gasteiger partial charge in [0.1, 0.15) is 5.75 Å². The average molecular weight is 260 g/mol. The highest BCUT2D eigenvalue weighted by atomic mass is 16.5. The molecule has 1 aliphatic heterocycles. The van der Waals surface area contributed by atoms with Crippen molar-refractivity contribution in [2.45, 2.75) is 44.6 Å². The van der Waals surface area contributed by atoms with Crippen LogP contribution in [0, 0.1) is 11.8 Å². The van der Waals surface area contributed by atoms with Crippen molar-refractivity contribution >= 4 is 0 Å². The van der Waals surface area contributed by atoms with Crippen LogP contribution in [0.4, 0.5) is 0 Å². The number of nitrogens with two attached hydrogens (primary N) is 1. The van der Waals surface area contributed by atoms with E-state index in [1.807, 2.05) is 6.07 Å². The monoisotopic (exact) mass is 260 g/mol. The summed E-state index contributed by atoms with van der Waals surface area (Å²) in [6.07, 6.45) is 7.80. The topological polar surface area (TPSA) is 47.3 Å². The van der Waals surface area contributed by atoms with Crippen LogP contribution in [0.5, 0.6) is 5.75 Å².